The molecule has 1 aromatic rings. The molecule has 0 saturated carbocycles. The third-order valence-electron chi connectivity index (χ3n) is 2.57. The monoisotopic (exact) mass is 312 g/mol. The average molecular weight is 312 g/mol. The fraction of sp³-hybridized carbons (Fsp3) is 0.286. The Labute approximate surface area is 125 Å². The smallest absolute Gasteiger partial charge is 0.414 e. The Hall–Kier alpha value is -2.90. The number of hydrogen-bond donors (Lipinski definition) is 4. The van der Waals surface area contributed by atoms with Gasteiger partial charge in [0.25, 0.3) is 0 Å². The van der Waals surface area contributed by atoms with Crippen LogP contribution in [0.1, 0.15) is 46.0 Å². The summed E-state index contributed by atoms with van der Waals surface area (Å²) in [5.74, 6) is -5.69. The van der Waals surface area contributed by atoms with Crippen LogP contribution in [-0.4, -0.2) is 44.3 Å². The average Bonchev–Trinajstić information content (AvgIpc) is 2.44. The van der Waals surface area contributed by atoms with Crippen LogP contribution < -0.4 is 0 Å². The van der Waals surface area contributed by atoms with Crippen LogP contribution in [0, 0.1) is 0 Å². The minimum absolute atomic E-state index is 0.135. The number of benzene rings is 1. The van der Waals surface area contributed by atoms with Gasteiger partial charge in [0.15, 0.2) is 0 Å². The van der Waals surface area contributed by atoms with Crippen molar-refractivity contribution in [2.24, 2.45) is 0 Å². The summed E-state index contributed by atoms with van der Waals surface area (Å²) < 4.78 is 0. The molecule has 4 N–H and O–H groups in total. The van der Waals surface area contributed by atoms with Gasteiger partial charge in [-0.15, -0.1) is 0 Å². The fourth-order valence-electron chi connectivity index (χ4n) is 1.51. The molecule has 1 rings (SSSR count). The summed E-state index contributed by atoms with van der Waals surface area (Å²) in [7, 11) is 0. The summed E-state index contributed by atoms with van der Waals surface area (Å²) in [6.45, 7) is 2.00. The number of aliphatic carboxylic acids is 2. The highest BCUT2D eigenvalue weighted by Crippen LogP contribution is 2.15. The Bertz CT molecular complexity index is 564. The fourth-order valence-corrected chi connectivity index (χ4v) is 1.51. The van der Waals surface area contributed by atoms with Gasteiger partial charge < -0.3 is 20.4 Å². The molecule has 8 heteroatoms. The number of hydrogen-bond acceptors (Lipinski definition) is 4. The molecule has 0 aliphatic rings. The molecule has 0 aromatic heterocycles. The lowest BCUT2D eigenvalue weighted by atomic mass is 9.99. The van der Waals surface area contributed by atoms with Crippen LogP contribution in [0.3, 0.4) is 0 Å². The summed E-state index contributed by atoms with van der Waals surface area (Å²) >= 11 is 0. The van der Waals surface area contributed by atoms with Crippen LogP contribution in [0.2, 0.25) is 0 Å². The molecular weight excluding hydrogens is 296 g/mol. The molecular formula is C14H16O8. The van der Waals surface area contributed by atoms with Crippen molar-refractivity contribution in [3.8, 4) is 0 Å². The van der Waals surface area contributed by atoms with Crippen molar-refractivity contribution in [1.29, 1.82) is 0 Å². The minimum Gasteiger partial charge on any atom is -0.478 e. The molecule has 8 nitrogen and oxygen atoms in total. The molecule has 0 aliphatic carbocycles. The summed E-state index contributed by atoms with van der Waals surface area (Å²) in [5, 5.41) is 32.5. The maximum atomic E-state index is 10.9. The zero-order valence-electron chi connectivity index (χ0n) is 11.8. The molecule has 0 fully saturated rings. The Balaban J connectivity index is 0.000000626. The lowest BCUT2D eigenvalue weighted by Gasteiger charge is -2.06. The van der Waals surface area contributed by atoms with Crippen molar-refractivity contribution >= 4 is 23.9 Å². The molecule has 0 amide bonds. The van der Waals surface area contributed by atoms with Crippen LogP contribution in [0.15, 0.2) is 18.2 Å². The minimum atomic E-state index is -1.82. The van der Waals surface area contributed by atoms with Gasteiger partial charge in [0.1, 0.15) is 0 Å². The van der Waals surface area contributed by atoms with Gasteiger partial charge in [0.05, 0.1) is 11.1 Å². The molecule has 0 bridgehead atoms. The Morgan fingerprint density at radius 2 is 1.45 bits per heavy atom. The summed E-state index contributed by atoms with van der Waals surface area (Å²) in [6.07, 6.45) is 2.39. The molecule has 0 atom stereocenters. The first kappa shape index (κ1) is 19.1. The van der Waals surface area contributed by atoms with E-state index in [-0.39, 0.29) is 11.1 Å². The van der Waals surface area contributed by atoms with Gasteiger partial charge in [-0.25, -0.2) is 19.2 Å². The predicted molar refractivity (Wildman–Crippen MR) is 74.2 cm³/mol. The maximum Gasteiger partial charge on any atom is 0.414 e. The van der Waals surface area contributed by atoms with Gasteiger partial charge in [-0.2, -0.15) is 0 Å². The van der Waals surface area contributed by atoms with Crippen molar-refractivity contribution in [1.82, 2.24) is 0 Å². The lowest BCUT2D eigenvalue weighted by Crippen LogP contribution is -2.09. The number of aromatic carboxylic acids is 2. The predicted octanol–water partition coefficient (Wildman–Crippen LogP) is 1.58. The lowest BCUT2D eigenvalue weighted by molar-refractivity contribution is -0.159. The third-order valence-corrected chi connectivity index (χ3v) is 2.57. The van der Waals surface area contributed by atoms with Crippen molar-refractivity contribution in [3.63, 3.8) is 0 Å². The number of unbranched alkanes of at least 4 members (excludes halogenated alkanes) is 1. The Morgan fingerprint density at radius 3 is 1.82 bits per heavy atom. The van der Waals surface area contributed by atoms with E-state index in [1.807, 2.05) is 6.92 Å². The van der Waals surface area contributed by atoms with Crippen molar-refractivity contribution in [3.05, 3.63) is 34.9 Å². The Morgan fingerprint density at radius 1 is 0.909 bits per heavy atom. The van der Waals surface area contributed by atoms with Crippen LogP contribution in [0.25, 0.3) is 0 Å². The number of carboxylic acid groups (broad SMARTS) is 4. The summed E-state index contributed by atoms with van der Waals surface area (Å²) in [4.78, 5) is 39.9. The highest BCUT2D eigenvalue weighted by Gasteiger charge is 2.12. The van der Waals surface area contributed by atoms with E-state index < -0.39 is 23.9 Å². The highest BCUT2D eigenvalue weighted by atomic mass is 16.4. The highest BCUT2D eigenvalue weighted by molar-refractivity contribution is 6.27. The van der Waals surface area contributed by atoms with Gasteiger partial charge >= 0.3 is 23.9 Å². The SMILES string of the molecule is CCCCc1cc(C(=O)O)ccc1C(=O)O.O=C(O)C(=O)O. The van der Waals surface area contributed by atoms with Gasteiger partial charge in [-0.3, -0.25) is 0 Å². The number of rotatable bonds is 5. The van der Waals surface area contributed by atoms with E-state index in [0.717, 1.165) is 12.8 Å². The largest absolute Gasteiger partial charge is 0.478 e. The first-order valence-corrected chi connectivity index (χ1v) is 6.26. The topological polar surface area (TPSA) is 149 Å². The molecule has 0 spiro atoms. The molecule has 0 unspecified atom stereocenters. The molecule has 0 heterocycles. The molecule has 0 saturated heterocycles. The normalized spacial score (nSPS) is 9.32. The van der Waals surface area contributed by atoms with E-state index in [4.69, 9.17) is 30.0 Å². The van der Waals surface area contributed by atoms with E-state index in [1.54, 1.807) is 0 Å². The zero-order chi connectivity index (χ0) is 17.3. The second kappa shape index (κ2) is 9.11. The van der Waals surface area contributed by atoms with Crippen LogP contribution in [0.5, 0.6) is 0 Å². The second-order valence-electron chi connectivity index (χ2n) is 4.20. The van der Waals surface area contributed by atoms with Gasteiger partial charge in [0, 0.05) is 0 Å². The van der Waals surface area contributed by atoms with Crippen LogP contribution in [0.4, 0.5) is 0 Å². The van der Waals surface area contributed by atoms with E-state index in [9.17, 15) is 9.59 Å². The number of carbonyl (C=O) groups is 4. The van der Waals surface area contributed by atoms with Gasteiger partial charge in [-0.1, -0.05) is 13.3 Å². The maximum absolute atomic E-state index is 10.9. The van der Waals surface area contributed by atoms with Crippen molar-refractivity contribution < 1.29 is 39.6 Å². The summed E-state index contributed by atoms with van der Waals surface area (Å²) in [5.41, 5.74) is 0.920. The molecule has 0 radical (unpaired) electrons. The van der Waals surface area contributed by atoms with Crippen molar-refractivity contribution in [2.75, 3.05) is 0 Å². The molecule has 0 aliphatic heterocycles. The van der Waals surface area contributed by atoms with Crippen LogP contribution >= 0.6 is 0 Å². The number of aryl methyl sites for hydroxylation is 1. The Kier molecular flexibility index (Phi) is 7.91. The first-order valence-electron chi connectivity index (χ1n) is 6.26. The second-order valence-corrected chi connectivity index (χ2v) is 4.20. The van der Waals surface area contributed by atoms with Crippen molar-refractivity contribution in [2.45, 2.75) is 26.2 Å². The standard InChI is InChI=1S/C12H14O4.C2H2O4/c1-2-3-4-8-7-9(11(13)14)5-6-10(8)12(15)16;3-1(4)2(5)6/h5-7H,2-4H2,1H3,(H,13,14)(H,15,16);(H,3,4)(H,5,6). The van der Waals surface area contributed by atoms with Crippen LogP contribution in [-0.2, 0) is 16.0 Å². The summed E-state index contributed by atoms with van der Waals surface area (Å²) in [6, 6.07) is 4.12. The van der Waals surface area contributed by atoms with E-state index in [2.05, 4.69) is 0 Å². The van der Waals surface area contributed by atoms with Gasteiger partial charge in [0.2, 0.25) is 0 Å². The first-order chi connectivity index (χ1) is 10.2. The quantitative estimate of drug-likeness (QED) is 0.598. The van der Waals surface area contributed by atoms with Gasteiger partial charge in [-0.05, 0) is 36.6 Å². The molecule has 120 valence electrons. The molecule has 22 heavy (non-hydrogen) atoms. The van der Waals surface area contributed by atoms with E-state index >= 15 is 0 Å². The molecule has 1 aromatic carbocycles. The van der Waals surface area contributed by atoms with E-state index in [1.165, 1.54) is 18.2 Å². The van der Waals surface area contributed by atoms with E-state index in [0.29, 0.717) is 12.0 Å². The third kappa shape index (κ3) is 6.51. The zero-order valence-corrected chi connectivity index (χ0v) is 11.8. The number of carboxylic acids is 4.